The Bertz CT molecular complexity index is 418. The molecule has 1 aromatic rings. The lowest BCUT2D eigenvalue weighted by Crippen LogP contribution is -2.44. The van der Waals surface area contributed by atoms with E-state index in [1.807, 2.05) is 25.1 Å². The molecule has 1 unspecified atom stereocenters. The summed E-state index contributed by atoms with van der Waals surface area (Å²) >= 11 is 0. The van der Waals surface area contributed by atoms with Gasteiger partial charge in [0.25, 0.3) is 0 Å². The molecule has 1 aromatic carbocycles. The molecule has 0 spiro atoms. The van der Waals surface area contributed by atoms with E-state index in [9.17, 15) is 5.11 Å². The van der Waals surface area contributed by atoms with Crippen LogP contribution in [0.4, 0.5) is 0 Å². The third-order valence-electron chi connectivity index (χ3n) is 3.44. The molecule has 1 fully saturated rings. The first-order chi connectivity index (χ1) is 8.62. The predicted octanol–water partition coefficient (Wildman–Crippen LogP) is 1.66. The minimum Gasteiger partial charge on any atom is -0.493 e. The van der Waals surface area contributed by atoms with Crippen LogP contribution in [-0.2, 0) is 5.54 Å². The summed E-state index contributed by atoms with van der Waals surface area (Å²) in [6.45, 7) is 2.06. The first-order valence-corrected chi connectivity index (χ1v) is 6.24. The summed E-state index contributed by atoms with van der Waals surface area (Å²) in [6.07, 6.45) is 2.37. The molecule has 0 aromatic heterocycles. The number of hydrogen-bond acceptors (Lipinski definition) is 4. The zero-order valence-electron chi connectivity index (χ0n) is 11.2. The normalized spacial score (nSPS) is 18.2. The van der Waals surface area contributed by atoms with E-state index in [-0.39, 0.29) is 6.61 Å². The van der Waals surface area contributed by atoms with Gasteiger partial charge in [-0.2, -0.15) is 0 Å². The third-order valence-corrected chi connectivity index (χ3v) is 3.44. The largest absolute Gasteiger partial charge is 0.493 e. The molecule has 1 atom stereocenters. The van der Waals surface area contributed by atoms with Gasteiger partial charge in [-0.05, 0) is 37.5 Å². The highest BCUT2D eigenvalue weighted by Gasteiger charge is 2.33. The number of aliphatic hydroxyl groups excluding tert-OH is 1. The quantitative estimate of drug-likeness (QED) is 0.807. The van der Waals surface area contributed by atoms with E-state index in [0.717, 1.165) is 5.56 Å². The van der Waals surface area contributed by atoms with Crippen LogP contribution in [0.3, 0.4) is 0 Å². The highest BCUT2D eigenvalue weighted by molar-refractivity contribution is 5.45. The van der Waals surface area contributed by atoms with Crippen molar-refractivity contribution in [3.8, 4) is 11.5 Å². The molecule has 18 heavy (non-hydrogen) atoms. The SMILES string of the molecule is COc1ccc(C(C)(CO)NC2CC2)cc1OC. The molecule has 0 radical (unpaired) electrons. The molecule has 0 saturated heterocycles. The fraction of sp³-hybridized carbons (Fsp3) is 0.571. The molecular weight excluding hydrogens is 230 g/mol. The molecule has 2 rings (SSSR count). The number of rotatable bonds is 6. The molecule has 2 N–H and O–H groups in total. The molecule has 4 nitrogen and oxygen atoms in total. The summed E-state index contributed by atoms with van der Waals surface area (Å²) in [5.74, 6) is 1.39. The fourth-order valence-corrected chi connectivity index (χ4v) is 2.08. The average molecular weight is 251 g/mol. The second-order valence-corrected chi connectivity index (χ2v) is 4.98. The number of benzene rings is 1. The zero-order chi connectivity index (χ0) is 13.2. The van der Waals surface area contributed by atoms with Gasteiger partial charge in [0.05, 0.1) is 26.4 Å². The zero-order valence-corrected chi connectivity index (χ0v) is 11.2. The lowest BCUT2D eigenvalue weighted by Gasteiger charge is -2.30. The van der Waals surface area contributed by atoms with Gasteiger partial charge in [-0.25, -0.2) is 0 Å². The third kappa shape index (κ3) is 2.60. The Morgan fingerprint density at radius 3 is 2.44 bits per heavy atom. The van der Waals surface area contributed by atoms with E-state index >= 15 is 0 Å². The van der Waals surface area contributed by atoms with Gasteiger partial charge in [0, 0.05) is 6.04 Å². The molecular formula is C14H21NO3. The molecule has 1 saturated carbocycles. The van der Waals surface area contributed by atoms with Gasteiger partial charge in [0.15, 0.2) is 11.5 Å². The minimum absolute atomic E-state index is 0.0545. The van der Waals surface area contributed by atoms with Crippen LogP contribution in [0.1, 0.15) is 25.3 Å². The minimum atomic E-state index is -0.430. The van der Waals surface area contributed by atoms with Crippen molar-refractivity contribution in [3.63, 3.8) is 0 Å². The first-order valence-electron chi connectivity index (χ1n) is 6.24. The molecule has 0 amide bonds. The van der Waals surface area contributed by atoms with E-state index in [0.29, 0.717) is 17.5 Å². The van der Waals surface area contributed by atoms with Gasteiger partial charge < -0.3 is 19.9 Å². The van der Waals surface area contributed by atoms with Gasteiger partial charge in [0.1, 0.15) is 0 Å². The predicted molar refractivity (Wildman–Crippen MR) is 70.1 cm³/mol. The van der Waals surface area contributed by atoms with Crippen LogP contribution in [0, 0.1) is 0 Å². The monoisotopic (exact) mass is 251 g/mol. The molecule has 100 valence electrons. The van der Waals surface area contributed by atoms with Gasteiger partial charge in [0.2, 0.25) is 0 Å². The Morgan fingerprint density at radius 1 is 1.28 bits per heavy atom. The van der Waals surface area contributed by atoms with Gasteiger partial charge in [-0.15, -0.1) is 0 Å². The van der Waals surface area contributed by atoms with Crippen molar-refractivity contribution in [1.82, 2.24) is 5.32 Å². The number of ether oxygens (including phenoxy) is 2. The van der Waals surface area contributed by atoms with E-state index in [2.05, 4.69) is 5.32 Å². The Labute approximate surface area is 108 Å². The lowest BCUT2D eigenvalue weighted by molar-refractivity contribution is 0.173. The molecule has 0 aliphatic heterocycles. The van der Waals surface area contributed by atoms with Crippen molar-refractivity contribution in [2.75, 3.05) is 20.8 Å². The molecule has 0 bridgehead atoms. The maximum absolute atomic E-state index is 9.67. The summed E-state index contributed by atoms with van der Waals surface area (Å²) in [6, 6.07) is 6.28. The smallest absolute Gasteiger partial charge is 0.161 e. The van der Waals surface area contributed by atoms with Crippen LogP contribution in [0.25, 0.3) is 0 Å². The number of nitrogens with one attached hydrogen (secondary N) is 1. The van der Waals surface area contributed by atoms with E-state index in [1.165, 1.54) is 12.8 Å². The van der Waals surface area contributed by atoms with E-state index in [1.54, 1.807) is 14.2 Å². The van der Waals surface area contributed by atoms with Gasteiger partial charge in [-0.1, -0.05) is 6.07 Å². The highest BCUT2D eigenvalue weighted by Crippen LogP contribution is 2.34. The number of aliphatic hydroxyl groups is 1. The van der Waals surface area contributed by atoms with Gasteiger partial charge >= 0.3 is 0 Å². The van der Waals surface area contributed by atoms with Crippen molar-refractivity contribution in [2.45, 2.75) is 31.3 Å². The highest BCUT2D eigenvalue weighted by atomic mass is 16.5. The van der Waals surface area contributed by atoms with Crippen molar-refractivity contribution in [1.29, 1.82) is 0 Å². The Hall–Kier alpha value is -1.26. The topological polar surface area (TPSA) is 50.7 Å². The summed E-state index contributed by atoms with van der Waals surface area (Å²) in [5.41, 5.74) is 0.579. The number of hydrogen-bond donors (Lipinski definition) is 2. The number of methoxy groups -OCH3 is 2. The van der Waals surface area contributed by atoms with Crippen LogP contribution in [0.5, 0.6) is 11.5 Å². The summed E-state index contributed by atoms with van der Waals surface area (Å²) in [7, 11) is 3.23. The fourth-order valence-electron chi connectivity index (χ4n) is 2.08. The molecule has 1 aliphatic carbocycles. The van der Waals surface area contributed by atoms with Crippen molar-refractivity contribution in [3.05, 3.63) is 23.8 Å². The van der Waals surface area contributed by atoms with Crippen molar-refractivity contribution < 1.29 is 14.6 Å². The van der Waals surface area contributed by atoms with E-state index in [4.69, 9.17) is 9.47 Å². The standard InChI is InChI=1S/C14H21NO3/c1-14(9-16,15-11-5-6-11)10-4-7-12(17-2)13(8-10)18-3/h4,7-8,11,15-16H,5-6,9H2,1-3H3. The van der Waals surface area contributed by atoms with Gasteiger partial charge in [-0.3, -0.25) is 0 Å². The Morgan fingerprint density at radius 2 is 1.94 bits per heavy atom. The van der Waals surface area contributed by atoms with Crippen molar-refractivity contribution >= 4 is 0 Å². The molecule has 0 heterocycles. The Kier molecular flexibility index (Phi) is 3.78. The summed E-state index contributed by atoms with van der Waals surface area (Å²) in [4.78, 5) is 0. The van der Waals surface area contributed by atoms with Crippen LogP contribution in [-0.4, -0.2) is 32.0 Å². The van der Waals surface area contributed by atoms with Crippen LogP contribution < -0.4 is 14.8 Å². The first kappa shape index (κ1) is 13.2. The maximum Gasteiger partial charge on any atom is 0.161 e. The average Bonchev–Trinajstić information content (AvgIpc) is 3.21. The molecule has 4 heteroatoms. The Balaban J connectivity index is 2.29. The van der Waals surface area contributed by atoms with Crippen LogP contribution in [0.15, 0.2) is 18.2 Å². The summed E-state index contributed by atoms with van der Waals surface area (Å²) in [5, 5.41) is 13.1. The lowest BCUT2D eigenvalue weighted by atomic mass is 9.92. The van der Waals surface area contributed by atoms with Crippen LogP contribution >= 0.6 is 0 Å². The second-order valence-electron chi connectivity index (χ2n) is 4.98. The van der Waals surface area contributed by atoms with Crippen LogP contribution in [0.2, 0.25) is 0 Å². The molecule has 1 aliphatic rings. The van der Waals surface area contributed by atoms with Crippen molar-refractivity contribution in [2.24, 2.45) is 0 Å². The maximum atomic E-state index is 9.67. The second kappa shape index (κ2) is 5.16. The summed E-state index contributed by atoms with van der Waals surface area (Å²) < 4.78 is 10.5. The van der Waals surface area contributed by atoms with E-state index < -0.39 is 5.54 Å².